The van der Waals surface area contributed by atoms with Crippen molar-refractivity contribution in [2.45, 2.75) is 13.2 Å². The highest BCUT2D eigenvalue weighted by Crippen LogP contribution is 2.30. The molecule has 2 heterocycles. The van der Waals surface area contributed by atoms with Gasteiger partial charge in [0.25, 0.3) is 5.91 Å². The summed E-state index contributed by atoms with van der Waals surface area (Å²) in [5.74, 6) is 1.15. The largest absolute Gasteiger partial charge is 0.489 e. The molecular weight excluding hydrogens is 540 g/mol. The second-order valence-corrected chi connectivity index (χ2v) is 10.8. The molecule has 9 heteroatoms. The smallest absolute Gasteiger partial charge is 0.262 e. The topological polar surface area (TPSA) is 83.1 Å². The van der Waals surface area contributed by atoms with Crippen molar-refractivity contribution in [2.75, 3.05) is 50.0 Å². The Morgan fingerprint density at radius 1 is 0.902 bits per heavy atom. The van der Waals surface area contributed by atoms with Crippen molar-refractivity contribution in [1.82, 2.24) is 9.80 Å². The molecule has 2 amide bonds. The third-order valence-corrected chi connectivity index (χ3v) is 7.54. The van der Waals surface area contributed by atoms with Gasteiger partial charge < -0.3 is 20.1 Å². The number of piperazine rings is 1. The fourth-order valence-corrected chi connectivity index (χ4v) is 5.39. The van der Waals surface area contributed by atoms with Crippen LogP contribution in [0.15, 0.2) is 78.9 Å². The van der Waals surface area contributed by atoms with Gasteiger partial charge in [0, 0.05) is 49.5 Å². The minimum Gasteiger partial charge on any atom is -0.489 e. The second-order valence-electron chi connectivity index (χ2n) is 10.4. The number of halogens is 1. The number of anilines is 2. The number of nitrogens with zero attached hydrogens (tertiary/aromatic N) is 2. The van der Waals surface area contributed by atoms with Gasteiger partial charge >= 0.3 is 0 Å². The predicted octanol–water partition coefficient (Wildman–Crippen LogP) is 5.16. The van der Waals surface area contributed by atoms with Gasteiger partial charge in [-0.05, 0) is 64.4 Å². The molecule has 2 N–H and O–H groups in total. The zero-order valence-corrected chi connectivity index (χ0v) is 23.3. The van der Waals surface area contributed by atoms with Gasteiger partial charge in [0.05, 0.1) is 12.2 Å². The molecule has 2 aliphatic heterocycles. The molecule has 4 aromatic rings. The number of rotatable bonds is 8. The van der Waals surface area contributed by atoms with Crippen LogP contribution in [-0.2, 0) is 22.7 Å². The maximum absolute atomic E-state index is 12.7. The van der Waals surface area contributed by atoms with Crippen LogP contribution in [0.4, 0.5) is 11.4 Å². The molecule has 0 saturated carbocycles. The molecule has 1 saturated heterocycles. The first-order valence-electron chi connectivity index (χ1n) is 13.7. The third kappa shape index (κ3) is 6.97. The van der Waals surface area contributed by atoms with E-state index in [1.165, 1.54) is 10.9 Å². The van der Waals surface area contributed by atoms with Crippen LogP contribution in [0, 0.1) is 0 Å². The van der Waals surface area contributed by atoms with Crippen LogP contribution in [0.5, 0.6) is 11.5 Å². The second kappa shape index (κ2) is 12.2. The normalized spacial score (nSPS) is 15.6. The summed E-state index contributed by atoms with van der Waals surface area (Å²) in [7, 11) is 0. The van der Waals surface area contributed by atoms with E-state index in [-0.39, 0.29) is 18.4 Å². The standard InChI is InChI=1S/C32H31ClN4O4/c33-26-3-1-2-23(15-26)20-40-28-8-6-24-14-22(4-5-25(24)16-28)18-36-10-12-37(13-11-36)19-31(38)34-27-7-9-29-30(17-27)41-21-32(39)35-29/h1-9,14-17H,10-13,18-21H2,(H,34,38)(H,35,39). The van der Waals surface area contributed by atoms with E-state index in [1.807, 2.05) is 30.3 Å². The highest BCUT2D eigenvalue weighted by Gasteiger charge is 2.20. The third-order valence-electron chi connectivity index (χ3n) is 7.31. The van der Waals surface area contributed by atoms with Crippen molar-refractivity contribution in [1.29, 1.82) is 0 Å². The zero-order chi connectivity index (χ0) is 28.2. The van der Waals surface area contributed by atoms with E-state index in [1.54, 1.807) is 18.2 Å². The predicted molar refractivity (Wildman–Crippen MR) is 161 cm³/mol. The molecule has 0 aromatic heterocycles. The van der Waals surface area contributed by atoms with Crippen molar-refractivity contribution in [3.8, 4) is 11.5 Å². The molecule has 4 aromatic carbocycles. The van der Waals surface area contributed by atoms with Gasteiger partial charge in [-0.2, -0.15) is 0 Å². The van der Waals surface area contributed by atoms with E-state index >= 15 is 0 Å². The minimum absolute atomic E-state index is 0.0185. The lowest BCUT2D eigenvalue weighted by molar-refractivity contribution is -0.119. The Labute approximate surface area is 243 Å². The Hall–Kier alpha value is -4.11. The van der Waals surface area contributed by atoms with Gasteiger partial charge in [0.15, 0.2) is 6.61 Å². The summed E-state index contributed by atoms with van der Waals surface area (Å²) in [5, 5.41) is 8.72. The molecule has 0 radical (unpaired) electrons. The molecule has 2 aliphatic rings. The van der Waals surface area contributed by atoms with Gasteiger partial charge in [0.2, 0.25) is 5.91 Å². The Kier molecular flexibility index (Phi) is 8.04. The number of ether oxygens (including phenoxy) is 2. The summed E-state index contributed by atoms with van der Waals surface area (Å²) in [6.45, 7) is 5.11. The van der Waals surface area contributed by atoms with Crippen LogP contribution in [0.2, 0.25) is 5.02 Å². The number of hydrogen-bond donors (Lipinski definition) is 2. The van der Waals surface area contributed by atoms with Gasteiger partial charge in [-0.3, -0.25) is 19.4 Å². The summed E-state index contributed by atoms with van der Waals surface area (Å²) >= 11 is 6.07. The summed E-state index contributed by atoms with van der Waals surface area (Å²) < 4.78 is 11.4. The maximum Gasteiger partial charge on any atom is 0.262 e. The van der Waals surface area contributed by atoms with E-state index in [9.17, 15) is 9.59 Å². The fourth-order valence-electron chi connectivity index (χ4n) is 5.17. The Morgan fingerprint density at radius 3 is 2.56 bits per heavy atom. The molecule has 210 valence electrons. The highest BCUT2D eigenvalue weighted by molar-refractivity contribution is 6.30. The van der Waals surface area contributed by atoms with Crippen LogP contribution in [0.3, 0.4) is 0 Å². The molecule has 0 bridgehead atoms. The number of nitrogens with one attached hydrogen (secondary N) is 2. The average Bonchev–Trinajstić information content (AvgIpc) is 2.97. The molecule has 41 heavy (non-hydrogen) atoms. The maximum atomic E-state index is 12.7. The van der Waals surface area contributed by atoms with Crippen LogP contribution in [0.25, 0.3) is 10.8 Å². The first-order chi connectivity index (χ1) is 20.0. The van der Waals surface area contributed by atoms with E-state index in [0.717, 1.165) is 49.4 Å². The van der Waals surface area contributed by atoms with Crippen molar-refractivity contribution >= 4 is 45.6 Å². The van der Waals surface area contributed by atoms with Gasteiger partial charge in [-0.25, -0.2) is 0 Å². The summed E-state index contributed by atoms with van der Waals surface area (Å²) in [5.41, 5.74) is 3.57. The van der Waals surface area contributed by atoms with Crippen LogP contribution in [0.1, 0.15) is 11.1 Å². The monoisotopic (exact) mass is 570 g/mol. The van der Waals surface area contributed by atoms with E-state index < -0.39 is 0 Å². The molecule has 0 aliphatic carbocycles. The molecule has 0 atom stereocenters. The van der Waals surface area contributed by atoms with Crippen molar-refractivity contribution in [3.05, 3.63) is 95.0 Å². The molecule has 0 unspecified atom stereocenters. The van der Waals surface area contributed by atoms with Crippen molar-refractivity contribution in [2.24, 2.45) is 0 Å². The lowest BCUT2D eigenvalue weighted by atomic mass is 10.1. The van der Waals surface area contributed by atoms with Gasteiger partial charge in [-0.1, -0.05) is 41.9 Å². The first-order valence-corrected chi connectivity index (χ1v) is 14.1. The van der Waals surface area contributed by atoms with Crippen molar-refractivity contribution < 1.29 is 19.1 Å². The summed E-state index contributed by atoms with van der Waals surface area (Å²) in [6, 6.07) is 25.7. The fraction of sp³-hybridized carbons (Fsp3) is 0.250. The van der Waals surface area contributed by atoms with Crippen molar-refractivity contribution in [3.63, 3.8) is 0 Å². The lowest BCUT2D eigenvalue weighted by Crippen LogP contribution is -2.48. The Balaban J connectivity index is 0.970. The van der Waals surface area contributed by atoms with E-state index in [0.29, 0.717) is 35.3 Å². The first kappa shape index (κ1) is 27.1. The van der Waals surface area contributed by atoms with Crippen LogP contribution < -0.4 is 20.1 Å². The van der Waals surface area contributed by atoms with Gasteiger partial charge in [-0.15, -0.1) is 0 Å². The molecule has 8 nitrogen and oxygen atoms in total. The lowest BCUT2D eigenvalue weighted by Gasteiger charge is -2.34. The minimum atomic E-state index is -0.181. The Morgan fingerprint density at radius 2 is 1.71 bits per heavy atom. The van der Waals surface area contributed by atoms with Crippen LogP contribution >= 0.6 is 11.6 Å². The van der Waals surface area contributed by atoms with E-state index in [2.05, 4.69) is 50.8 Å². The van der Waals surface area contributed by atoms with Crippen LogP contribution in [-0.4, -0.2) is 60.9 Å². The number of amides is 2. The Bertz CT molecular complexity index is 1590. The zero-order valence-electron chi connectivity index (χ0n) is 22.6. The summed E-state index contributed by atoms with van der Waals surface area (Å²) in [4.78, 5) is 28.7. The number of fused-ring (bicyclic) bond motifs is 2. The molecule has 1 fully saturated rings. The summed E-state index contributed by atoms with van der Waals surface area (Å²) in [6.07, 6.45) is 0. The molecular formula is C32H31ClN4O4. The SMILES string of the molecule is O=C(CN1CCN(Cc2ccc3cc(OCc4cccc(Cl)c4)ccc3c2)CC1)Nc1ccc2c(c1)OCC(=O)N2. The van der Waals surface area contributed by atoms with E-state index in [4.69, 9.17) is 21.1 Å². The highest BCUT2D eigenvalue weighted by atomic mass is 35.5. The number of benzene rings is 4. The quantitative estimate of drug-likeness (QED) is 0.304. The number of carbonyl (C=O) groups is 2. The number of carbonyl (C=O) groups excluding carboxylic acids is 2. The van der Waals surface area contributed by atoms with Gasteiger partial charge in [0.1, 0.15) is 18.1 Å². The molecule has 6 rings (SSSR count). The average molecular weight is 571 g/mol. The molecule has 0 spiro atoms. The number of hydrogen-bond acceptors (Lipinski definition) is 6.